The Morgan fingerprint density at radius 3 is 2.12 bits per heavy atom. The lowest BCUT2D eigenvalue weighted by Gasteiger charge is -2.19. The summed E-state index contributed by atoms with van der Waals surface area (Å²) in [5.74, 6) is -0.285. The number of benzene rings is 1. The summed E-state index contributed by atoms with van der Waals surface area (Å²) in [6.07, 6.45) is 0. The van der Waals surface area contributed by atoms with Crippen molar-refractivity contribution < 1.29 is 14.4 Å². The maximum absolute atomic E-state index is 12.7. The van der Waals surface area contributed by atoms with Crippen LogP contribution in [0.3, 0.4) is 0 Å². The fourth-order valence-electron chi connectivity index (χ4n) is 2.76. The molecule has 10 nitrogen and oxygen atoms in total. The second-order valence-corrected chi connectivity index (χ2v) is 5.72. The number of anilines is 1. The topological polar surface area (TPSA) is 132 Å². The molecule has 1 aromatic heterocycles. The van der Waals surface area contributed by atoms with Crippen molar-refractivity contribution in [2.45, 2.75) is 5.92 Å². The number of nitrogens with zero attached hydrogens (tertiary/aromatic N) is 3. The van der Waals surface area contributed by atoms with E-state index in [0.29, 0.717) is 17.1 Å². The third-order valence-corrected chi connectivity index (χ3v) is 4.20. The molecule has 26 heavy (non-hydrogen) atoms. The molecule has 0 radical (unpaired) electrons. The van der Waals surface area contributed by atoms with E-state index in [4.69, 9.17) is 15.2 Å². The first kappa shape index (κ1) is 19.0. The Bertz CT molecular complexity index is 940. The molecule has 0 aliphatic rings. The number of methoxy groups -OCH3 is 2. The number of aromatic nitrogens is 2. The van der Waals surface area contributed by atoms with Crippen LogP contribution in [0, 0.1) is 10.1 Å². The van der Waals surface area contributed by atoms with E-state index in [1.54, 1.807) is 18.2 Å². The zero-order valence-electron chi connectivity index (χ0n) is 14.9. The minimum atomic E-state index is -0.987. The number of nitrogens with two attached hydrogens (primary N) is 1. The molecule has 2 rings (SSSR count). The summed E-state index contributed by atoms with van der Waals surface area (Å²) in [5, 5.41) is 11.2. The van der Waals surface area contributed by atoms with Crippen molar-refractivity contribution in [2.75, 3.05) is 26.5 Å². The molecule has 0 spiro atoms. The van der Waals surface area contributed by atoms with Crippen molar-refractivity contribution in [1.29, 1.82) is 0 Å². The lowest BCUT2D eigenvalue weighted by molar-refractivity contribution is -0.481. The molecule has 0 aliphatic heterocycles. The van der Waals surface area contributed by atoms with Crippen LogP contribution >= 0.6 is 0 Å². The van der Waals surface area contributed by atoms with Crippen molar-refractivity contribution in [1.82, 2.24) is 9.13 Å². The minimum Gasteiger partial charge on any atom is -0.497 e. The molecule has 10 heteroatoms. The van der Waals surface area contributed by atoms with Gasteiger partial charge in [0.05, 0.1) is 25.7 Å². The Hall–Kier alpha value is -3.30. The monoisotopic (exact) mass is 364 g/mol. The highest BCUT2D eigenvalue weighted by atomic mass is 16.6. The van der Waals surface area contributed by atoms with Crippen LogP contribution in [0.2, 0.25) is 0 Å². The number of hydrogen-bond donors (Lipinski definition) is 1. The molecule has 1 aromatic carbocycles. The van der Waals surface area contributed by atoms with Crippen LogP contribution < -0.4 is 26.5 Å². The maximum Gasteiger partial charge on any atom is 0.332 e. The molecule has 0 saturated carbocycles. The number of nitrogen functional groups attached to an aromatic ring is 1. The molecule has 140 valence electrons. The number of nitro groups is 1. The second kappa shape index (κ2) is 7.30. The molecule has 1 atom stereocenters. The SMILES string of the molecule is COc1cc(OC)cc(C(C[N+](=O)[O-])c2c(N)n(C)c(=O)n(C)c2=O)c1. The van der Waals surface area contributed by atoms with Crippen LogP contribution in [0.1, 0.15) is 17.0 Å². The van der Waals surface area contributed by atoms with Gasteiger partial charge in [-0.25, -0.2) is 4.79 Å². The molecular formula is C16H20N4O6. The van der Waals surface area contributed by atoms with Crippen molar-refractivity contribution in [3.63, 3.8) is 0 Å². The van der Waals surface area contributed by atoms with Gasteiger partial charge in [-0.2, -0.15) is 0 Å². The first-order valence-corrected chi connectivity index (χ1v) is 7.61. The van der Waals surface area contributed by atoms with Crippen LogP contribution in [-0.2, 0) is 14.1 Å². The van der Waals surface area contributed by atoms with Gasteiger partial charge in [0.1, 0.15) is 17.3 Å². The van der Waals surface area contributed by atoms with E-state index in [9.17, 15) is 19.7 Å². The fourth-order valence-corrected chi connectivity index (χ4v) is 2.76. The smallest absolute Gasteiger partial charge is 0.332 e. The average molecular weight is 364 g/mol. The lowest BCUT2D eigenvalue weighted by Crippen LogP contribution is -2.42. The van der Waals surface area contributed by atoms with E-state index >= 15 is 0 Å². The Kier molecular flexibility index (Phi) is 5.34. The maximum atomic E-state index is 12.7. The van der Waals surface area contributed by atoms with Gasteiger partial charge < -0.3 is 15.2 Å². The van der Waals surface area contributed by atoms with Crippen molar-refractivity contribution in [2.24, 2.45) is 14.1 Å². The summed E-state index contributed by atoms with van der Waals surface area (Å²) in [4.78, 5) is 35.4. The fraction of sp³-hybridized carbons (Fsp3) is 0.375. The standard InChI is InChI=1S/C16H20N4O6/c1-18-14(17)13(15(21)19(2)16(18)22)12(8-20(23)24)9-5-10(25-3)7-11(6-9)26-4/h5-7,12H,8,17H2,1-4H3. The van der Waals surface area contributed by atoms with Gasteiger partial charge in [-0.3, -0.25) is 24.0 Å². The van der Waals surface area contributed by atoms with Gasteiger partial charge >= 0.3 is 5.69 Å². The molecule has 0 aliphatic carbocycles. The summed E-state index contributed by atoms with van der Waals surface area (Å²) in [6.45, 7) is -0.589. The lowest BCUT2D eigenvalue weighted by atomic mass is 9.91. The first-order chi connectivity index (χ1) is 12.2. The molecular weight excluding hydrogens is 344 g/mol. The van der Waals surface area contributed by atoms with Gasteiger partial charge in [0.2, 0.25) is 6.54 Å². The third-order valence-electron chi connectivity index (χ3n) is 4.20. The van der Waals surface area contributed by atoms with Gasteiger partial charge in [0.15, 0.2) is 0 Å². The molecule has 0 amide bonds. The predicted molar refractivity (Wildman–Crippen MR) is 94.6 cm³/mol. The Morgan fingerprint density at radius 2 is 1.65 bits per heavy atom. The zero-order chi connectivity index (χ0) is 19.6. The van der Waals surface area contributed by atoms with Crippen LogP contribution in [0.4, 0.5) is 5.82 Å². The highest BCUT2D eigenvalue weighted by Gasteiger charge is 2.29. The Morgan fingerprint density at radius 1 is 1.12 bits per heavy atom. The van der Waals surface area contributed by atoms with Gasteiger partial charge in [-0.15, -0.1) is 0 Å². The zero-order valence-corrected chi connectivity index (χ0v) is 14.9. The van der Waals surface area contributed by atoms with Crippen LogP contribution in [0.5, 0.6) is 11.5 Å². The summed E-state index contributed by atoms with van der Waals surface area (Å²) in [6, 6.07) is 4.75. The molecule has 2 aromatic rings. The number of rotatable bonds is 6. The van der Waals surface area contributed by atoms with Gasteiger partial charge in [0, 0.05) is 25.1 Å². The first-order valence-electron chi connectivity index (χ1n) is 7.61. The number of hydrogen-bond acceptors (Lipinski definition) is 7. The van der Waals surface area contributed by atoms with E-state index in [1.165, 1.54) is 28.3 Å². The highest BCUT2D eigenvalue weighted by molar-refractivity contribution is 5.49. The van der Waals surface area contributed by atoms with Crippen LogP contribution in [0.25, 0.3) is 0 Å². The minimum absolute atomic E-state index is 0.0263. The van der Waals surface area contributed by atoms with E-state index in [0.717, 1.165) is 9.13 Å². The van der Waals surface area contributed by atoms with E-state index in [1.807, 2.05) is 0 Å². The third kappa shape index (κ3) is 3.39. The Balaban J connectivity index is 2.82. The summed E-state index contributed by atoms with van der Waals surface area (Å²) >= 11 is 0. The predicted octanol–water partition coefficient (Wildman–Crippen LogP) is 0.0920. The van der Waals surface area contributed by atoms with Crippen LogP contribution in [-0.4, -0.2) is 34.8 Å². The molecule has 2 N–H and O–H groups in total. The van der Waals surface area contributed by atoms with Crippen molar-refractivity contribution >= 4 is 5.82 Å². The summed E-state index contributed by atoms with van der Waals surface area (Å²) in [5.41, 5.74) is 5.07. The van der Waals surface area contributed by atoms with Gasteiger partial charge in [0.25, 0.3) is 5.56 Å². The normalized spacial score (nSPS) is 11.8. The summed E-state index contributed by atoms with van der Waals surface area (Å²) < 4.78 is 12.3. The molecule has 0 fully saturated rings. The van der Waals surface area contributed by atoms with E-state index in [2.05, 4.69) is 0 Å². The Labute approximate surface area is 148 Å². The second-order valence-electron chi connectivity index (χ2n) is 5.72. The molecule has 1 unspecified atom stereocenters. The quantitative estimate of drug-likeness (QED) is 0.567. The van der Waals surface area contributed by atoms with E-state index < -0.39 is 28.6 Å². The highest BCUT2D eigenvalue weighted by Crippen LogP contribution is 2.32. The summed E-state index contributed by atoms with van der Waals surface area (Å²) in [7, 11) is 5.58. The average Bonchev–Trinajstić information content (AvgIpc) is 2.63. The molecule has 1 heterocycles. The van der Waals surface area contributed by atoms with E-state index in [-0.39, 0.29) is 11.4 Å². The molecule has 0 bridgehead atoms. The van der Waals surface area contributed by atoms with Crippen LogP contribution in [0.15, 0.2) is 27.8 Å². The molecule has 0 saturated heterocycles. The van der Waals surface area contributed by atoms with Gasteiger partial charge in [-0.1, -0.05) is 0 Å². The van der Waals surface area contributed by atoms with Crippen molar-refractivity contribution in [3.05, 3.63) is 60.3 Å². The van der Waals surface area contributed by atoms with Crippen molar-refractivity contribution in [3.8, 4) is 11.5 Å². The van der Waals surface area contributed by atoms with Gasteiger partial charge in [-0.05, 0) is 17.7 Å². The largest absolute Gasteiger partial charge is 0.497 e. The number of ether oxygens (including phenoxy) is 2.